The molecule has 0 saturated carbocycles. The summed E-state index contributed by atoms with van der Waals surface area (Å²) in [6.07, 6.45) is 0. The molecule has 0 N–H and O–H groups in total. The molecule has 66 valence electrons. The maximum atomic E-state index is 11.7. The summed E-state index contributed by atoms with van der Waals surface area (Å²) in [6.45, 7) is 0. The van der Waals surface area contributed by atoms with E-state index >= 15 is 0 Å². The van der Waals surface area contributed by atoms with Gasteiger partial charge >= 0.3 is 0 Å². The molecule has 2 nitrogen and oxygen atoms in total. The highest BCUT2D eigenvalue weighted by atomic mass is 127. The molecule has 0 aliphatic carbocycles. The Morgan fingerprint density at radius 2 is 2.00 bits per heavy atom. The zero-order valence-electron chi connectivity index (χ0n) is 6.38. The molecule has 0 bridgehead atoms. The molecule has 0 spiro atoms. The van der Waals surface area contributed by atoms with Gasteiger partial charge in [0.15, 0.2) is 4.67 Å². The molecule has 4 heteroatoms. The van der Waals surface area contributed by atoms with Crippen molar-refractivity contribution in [2.24, 2.45) is 0 Å². The van der Waals surface area contributed by atoms with Crippen LogP contribution in [0.25, 0.3) is 11.0 Å². The van der Waals surface area contributed by atoms with Gasteiger partial charge < -0.3 is 4.42 Å². The minimum absolute atomic E-state index is 0.00863. The van der Waals surface area contributed by atoms with Crippen LogP contribution >= 0.6 is 38.5 Å². The van der Waals surface area contributed by atoms with Crippen molar-refractivity contribution in [1.82, 2.24) is 0 Å². The van der Waals surface area contributed by atoms with Crippen molar-refractivity contribution in [2.75, 3.05) is 0 Å². The fourth-order valence-corrected chi connectivity index (χ4v) is 1.85. The van der Waals surface area contributed by atoms with Gasteiger partial charge in [0.2, 0.25) is 5.43 Å². The second-order valence-electron chi connectivity index (χ2n) is 2.52. The van der Waals surface area contributed by atoms with Crippen LogP contribution in [0.1, 0.15) is 0 Å². The molecule has 1 aromatic heterocycles. The number of rotatable bonds is 0. The molecular formula is C9H4BrIO2. The Balaban J connectivity index is 3.03. The minimum atomic E-state index is 0.00863. The first-order valence-corrected chi connectivity index (χ1v) is 5.44. The molecule has 2 rings (SSSR count). The van der Waals surface area contributed by atoms with Gasteiger partial charge in [-0.15, -0.1) is 0 Å². The third-order valence-corrected chi connectivity index (χ3v) is 3.98. The normalized spacial score (nSPS) is 10.6. The summed E-state index contributed by atoms with van der Waals surface area (Å²) in [7, 11) is 0. The number of para-hydroxylation sites is 1. The molecule has 0 radical (unpaired) electrons. The summed E-state index contributed by atoms with van der Waals surface area (Å²) in [5, 5.41) is 0.620. The average molecular weight is 351 g/mol. The highest BCUT2D eigenvalue weighted by Gasteiger charge is 2.08. The lowest BCUT2D eigenvalue weighted by Crippen LogP contribution is -2.05. The van der Waals surface area contributed by atoms with E-state index in [-0.39, 0.29) is 5.43 Å². The number of halogens is 2. The Hall–Kier alpha value is -0.360. The molecular weight excluding hydrogens is 347 g/mol. The van der Waals surface area contributed by atoms with Crippen molar-refractivity contribution < 1.29 is 4.42 Å². The Morgan fingerprint density at radius 3 is 2.77 bits per heavy atom. The standard InChI is InChI=1S/C9H4BrIO2/c10-9-7(11)8(12)5-3-1-2-4-6(5)13-9/h1-4H. The van der Waals surface area contributed by atoms with Crippen molar-refractivity contribution in [1.29, 1.82) is 0 Å². The number of hydrogen-bond acceptors (Lipinski definition) is 2. The molecule has 0 saturated heterocycles. The SMILES string of the molecule is O=c1c(I)c(Br)oc2ccccc12. The van der Waals surface area contributed by atoms with Crippen LogP contribution in [-0.2, 0) is 0 Å². The van der Waals surface area contributed by atoms with Crippen LogP contribution in [0.3, 0.4) is 0 Å². The van der Waals surface area contributed by atoms with Gasteiger partial charge in [-0.25, -0.2) is 0 Å². The van der Waals surface area contributed by atoms with E-state index < -0.39 is 0 Å². The van der Waals surface area contributed by atoms with Crippen LogP contribution in [0.4, 0.5) is 0 Å². The van der Waals surface area contributed by atoms with Gasteiger partial charge in [0, 0.05) is 0 Å². The minimum Gasteiger partial charge on any atom is -0.448 e. The Labute approximate surface area is 96.2 Å². The third kappa shape index (κ3) is 1.52. The Bertz CT molecular complexity index is 518. The number of benzene rings is 1. The van der Waals surface area contributed by atoms with Gasteiger partial charge in [0.05, 0.1) is 5.39 Å². The topological polar surface area (TPSA) is 30.2 Å². The van der Waals surface area contributed by atoms with Crippen LogP contribution in [0.5, 0.6) is 0 Å². The highest BCUT2D eigenvalue weighted by molar-refractivity contribution is 14.1. The van der Waals surface area contributed by atoms with E-state index in [1.807, 2.05) is 34.7 Å². The van der Waals surface area contributed by atoms with E-state index in [0.29, 0.717) is 19.2 Å². The van der Waals surface area contributed by atoms with E-state index in [2.05, 4.69) is 15.9 Å². The molecule has 1 aromatic carbocycles. The molecule has 0 aliphatic heterocycles. The highest BCUT2D eigenvalue weighted by Crippen LogP contribution is 2.20. The zero-order valence-corrected chi connectivity index (χ0v) is 10.1. The molecule has 0 amide bonds. The van der Waals surface area contributed by atoms with Crippen LogP contribution in [0.2, 0.25) is 0 Å². The van der Waals surface area contributed by atoms with Gasteiger partial charge in [-0.1, -0.05) is 12.1 Å². The Morgan fingerprint density at radius 1 is 1.31 bits per heavy atom. The lowest BCUT2D eigenvalue weighted by molar-refractivity contribution is 0.568. The van der Waals surface area contributed by atoms with Crippen LogP contribution < -0.4 is 5.43 Å². The molecule has 0 unspecified atom stereocenters. The van der Waals surface area contributed by atoms with Crippen molar-refractivity contribution in [3.8, 4) is 0 Å². The maximum Gasteiger partial charge on any atom is 0.207 e. The second-order valence-corrected chi connectivity index (χ2v) is 4.31. The zero-order chi connectivity index (χ0) is 9.42. The van der Waals surface area contributed by atoms with Crippen molar-refractivity contribution >= 4 is 49.5 Å². The molecule has 0 aliphatic rings. The summed E-state index contributed by atoms with van der Waals surface area (Å²) < 4.78 is 6.46. The van der Waals surface area contributed by atoms with Gasteiger partial charge in [-0.05, 0) is 50.7 Å². The van der Waals surface area contributed by atoms with Gasteiger partial charge in [0.25, 0.3) is 0 Å². The molecule has 1 heterocycles. The molecule has 0 atom stereocenters. The molecule has 0 fully saturated rings. The van der Waals surface area contributed by atoms with Crippen LogP contribution in [0.15, 0.2) is 38.1 Å². The summed E-state index contributed by atoms with van der Waals surface area (Å²) >= 11 is 5.16. The number of fused-ring (bicyclic) bond motifs is 1. The van der Waals surface area contributed by atoms with Gasteiger partial charge in [0.1, 0.15) is 9.15 Å². The molecule has 2 aromatic rings. The van der Waals surface area contributed by atoms with Crippen LogP contribution in [0, 0.1) is 3.57 Å². The summed E-state index contributed by atoms with van der Waals surface area (Å²) in [5.41, 5.74) is 0.620. The Kier molecular flexibility index (Phi) is 2.42. The lowest BCUT2D eigenvalue weighted by Gasteiger charge is -1.98. The summed E-state index contributed by atoms with van der Waals surface area (Å²) in [6, 6.07) is 7.20. The lowest BCUT2D eigenvalue weighted by atomic mass is 10.2. The number of hydrogen-bond donors (Lipinski definition) is 0. The first kappa shape index (κ1) is 9.21. The van der Waals surface area contributed by atoms with E-state index in [9.17, 15) is 4.79 Å². The second kappa shape index (κ2) is 3.42. The van der Waals surface area contributed by atoms with Crippen molar-refractivity contribution in [3.05, 3.63) is 42.7 Å². The smallest absolute Gasteiger partial charge is 0.207 e. The fourth-order valence-electron chi connectivity index (χ4n) is 1.09. The van der Waals surface area contributed by atoms with Crippen molar-refractivity contribution in [2.45, 2.75) is 0 Å². The quantitative estimate of drug-likeness (QED) is 0.683. The third-order valence-electron chi connectivity index (χ3n) is 1.70. The van der Waals surface area contributed by atoms with E-state index in [4.69, 9.17) is 4.42 Å². The average Bonchev–Trinajstić information content (AvgIpc) is 2.15. The summed E-state index contributed by atoms with van der Waals surface area (Å²) in [4.78, 5) is 11.7. The first-order valence-electron chi connectivity index (χ1n) is 3.57. The van der Waals surface area contributed by atoms with Gasteiger partial charge in [-0.2, -0.15) is 0 Å². The predicted molar refractivity (Wildman–Crippen MR) is 62.9 cm³/mol. The van der Waals surface area contributed by atoms with Crippen LogP contribution in [-0.4, -0.2) is 0 Å². The van der Waals surface area contributed by atoms with Gasteiger partial charge in [-0.3, -0.25) is 4.79 Å². The first-order chi connectivity index (χ1) is 6.20. The van der Waals surface area contributed by atoms with E-state index in [0.717, 1.165) is 0 Å². The summed E-state index contributed by atoms with van der Waals surface area (Å²) in [5.74, 6) is 0. The van der Waals surface area contributed by atoms with E-state index in [1.54, 1.807) is 12.1 Å². The maximum absolute atomic E-state index is 11.7. The largest absolute Gasteiger partial charge is 0.448 e. The van der Waals surface area contributed by atoms with Crippen molar-refractivity contribution in [3.63, 3.8) is 0 Å². The molecule has 13 heavy (non-hydrogen) atoms. The monoisotopic (exact) mass is 350 g/mol. The van der Waals surface area contributed by atoms with E-state index in [1.165, 1.54) is 0 Å². The fraction of sp³-hybridized carbons (Fsp3) is 0. The predicted octanol–water partition coefficient (Wildman–Crippen LogP) is 3.16.